The number of aromatic amines is 1. The SMILES string of the molecule is COc1cc(-c2nc3ccccc3n3c(/N=C/c4c[nH]c5ccccc45)c(C#N)nc23)cc(OC)c1OC. The van der Waals surface area contributed by atoms with Crippen LogP contribution in [0.15, 0.2) is 71.9 Å². The van der Waals surface area contributed by atoms with Gasteiger partial charge in [0.05, 0.1) is 32.4 Å². The number of nitrogens with zero attached hydrogens (tertiary/aromatic N) is 5. The normalized spacial score (nSPS) is 11.4. The number of nitriles is 1. The van der Waals surface area contributed by atoms with Crippen LogP contribution in [-0.2, 0) is 0 Å². The number of fused-ring (bicyclic) bond motifs is 4. The van der Waals surface area contributed by atoms with Gasteiger partial charge in [-0.1, -0.05) is 30.3 Å². The van der Waals surface area contributed by atoms with Crippen LogP contribution in [0.2, 0.25) is 0 Å². The molecule has 9 nitrogen and oxygen atoms in total. The van der Waals surface area contributed by atoms with E-state index in [1.165, 1.54) is 0 Å². The minimum atomic E-state index is 0.188. The summed E-state index contributed by atoms with van der Waals surface area (Å²) in [5, 5.41) is 11.1. The van der Waals surface area contributed by atoms with E-state index in [9.17, 15) is 5.26 Å². The van der Waals surface area contributed by atoms with Crippen LogP contribution in [0.5, 0.6) is 17.2 Å². The first kappa shape index (κ1) is 23.1. The number of para-hydroxylation sites is 3. The monoisotopic (exact) mass is 502 g/mol. The van der Waals surface area contributed by atoms with Crippen molar-refractivity contribution in [3.05, 3.63) is 78.1 Å². The third-order valence-corrected chi connectivity index (χ3v) is 6.41. The molecule has 0 amide bonds. The number of aliphatic imine (C=N–C) groups is 1. The van der Waals surface area contributed by atoms with Crippen LogP contribution in [-0.4, -0.2) is 46.9 Å². The fourth-order valence-corrected chi connectivity index (χ4v) is 4.65. The lowest BCUT2D eigenvalue weighted by atomic mass is 10.1. The minimum Gasteiger partial charge on any atom is -0.493 e. The molecule has 0 aliphatic carbocycles. The first-order valence-corrected chi connectivity index (χ1v) is 11.8. The number of aromatic nitrogens is 4. The van der Waals surface area contributed by atoms with Gasteiger partial charge in [0.15, 0.2) is 28.7 Å². The van der Waals surface area contributed by atoms with Crippen molar-refractivity contribution in [2.75, 3.05) is 21.3 Å². The maximum atomic E-state index is 10.0. The van der Waals surface area contributed by atoms with Gasteiger partial charge in [-0.3, -0.25) is 4.40 Å². The summed E-state index contributed by atoms with van der Waals surface area (Å²) in [6.45, 7) is 0. The molecule has 0 aliphatic rings. The average molecular weight is 503 g/mol. The third-order valence-electron chi connectivity index (χ3n) is 6.41. The van der Waals surface area contributed by atoms with Gasteiger partial charge in [0, 0.05) is 34.4 Å². The second-order valence-corrected chi connectivity index (χ2v) is 8.47. The Labute approximate surface area is 217 Å². The molecule has 38 heavy (non-hydrogen) atoms. The average Bonchev–Trinajstić information content (AvgIpc) is 3.56. The maximum absolute atomic E-state index is 10.0. The van der Waals surface area contributed by atoms with Crippen molar-refractivity contribution >= 4 is 39.6 Å². The largest absolute Gasteiger partial charge is 0.493 e. The summed E-state index contributed by atoms with van der Waals surface area (Å²) in [6, 6.07) is 21.5. The highest BCUT2D eigenvalue weighted by Crippen LogP contribution is 2.42. The molecule has 3 aromatic carbocycles. The number of ether oxygens (including phenoxy) is 3. The smallest absolute Gasteiger partial charge is 0.203 e. The van der Waals surface area contributed by atoms with E-state index in [1.807, 2.05) is 71.3 Å². The molecule has 1 N–H and O–H groups in total. The van der Waals surface area contributed by atoms with Crippen LogP contribution in [0, 0.1) is 11.3 Å². The summed E-state index contributed by atoms with van der Waals surface area (Å²) in [4.78, 5) is 17.6. The number of nitrogens with one attached hydrogen (secondary N) is 1. The van der Waals surface area contributed by atoms with Crippen molar-refractivity contribution in [2.24, 2.45) is 4.99 Å². The number of hydrogen-bond donors (Lipinski definition) is 1. The van der Waals surface area contributed by atoms with E-state index in [2.05, 4.69) is 16.0 Å². The lowest BCUT2D eigenvalue weighted by molar-refractivity contribution is 0.324. The van der Waals surface area contributed by atoms with Gasteiger partial charge in [0.1, 0.15) is 11.8 Å². The van der Waals surface area contributed by atoms with Crippen LogP contribution in [0.3, 0.4) is 0 Å². The molecule has 0 unspecified atom stereocenters. The topological polar surface area (TPSA) is 110 Å². The molecular weight excluding hydrogens is 480 g/mol. The van der Waals surface area contributed by atoms with Gasteiger partial charge >= 0.3 is 0 Å². The van der Waals surface area contributed by atoms with E-state index in [-0.39, 0.29) is 5.69 Å². The predicted molar refractivity (Wildman–Crippen MR) is 146 cm³/mol. The highest BCUT2D eigenvalue weighted by atomic mass is 16.5. The quantitative estimate of drug-likeness (QED) is 0.294. The van der Waals surface area contributed by atoms with Crippen molar-refractivity contribution in [1.29, 1.82) is 5.26 Å². The number of rotatable bonds is 6. The number of hydrogen-bond acceptors (Lipinski definition) is 7. The van der Waals surface area contributed by atoms with E-state index in [4.69, 9.17) is 24.2 Å². The second kappa shape index (κ2) is 9.26. The maximum Gasteiger partial charge on any atom is 0.203 e. The highest BCUT2D eigenvalue weighted by Gasteiger charge is 2.22. The second-order valence-electron chi connectivity index (χ2n) is 8.47. The Morgan fingerprint density at radius 3 is 2.42 bits per heavy atom. The molecule has 186 valence electrons. The minimum absolute atomic E-state index is 0.188. The van der Waals surface area contributed by atoms with Crippen LogP contribution in [0.1, 0.15) is 11.3 Å². The van der Waals surface area contributed by atoms with Crippen LogP contribution >= 0.6 is 0 Å². The molecule has 0 saturated carbocycles. The van der Waals surface area contributed by atoms with Gasteiger partial charge in [-0.15, -0.1) is 0 Å². The van der Waals surface area contributed by atoms with E-state index < -0.39 is 0 Å². The number of imidazole rings is 1. The molecule has 3 aromatic heterocycles. The van der Waals surface area contributed by atoms with E-state index in [0.717, 1.165) is 22.0 Å². The Morgan fingerprint density at radius 2 is 1.68 bits per heavy atom. The molecule has 0 fully saturated rings. The molecule has 3 heterocycles. The molecular formula is C29H22N6O3. The summed E-state index contributed by atoms with van der Waals surface area (Å²) in [7, 11) is 4.68. The number of methoxy groups -OCH3 is 3. The first-order chi connectivity index (χ1) is 18.7. The Balaban J connectivity index is 1.64. The number of benzene rings is 3. The summed E-state index contributed by atoms with van der Waals surface area (Å²) < 4.78 is 18.5. The molecule has 0 saturated heterocycles. The van der Waals surface area contributed by atoms with E-state index in [1.54, 1.807) is 27.5 Å². The Kier molecular flexibility index (Phi) is 5.62. The Hall–Kier alpha value is -5.36. The molecule has 9 heteroatoms. The van der Waals surface area contributed by atoms with Gasteiger partial charge in [-0.2, -0.15) is 5.26 Å². The van der Waals surface area contributed by atoms with Crippen molar-refractivity contribution in [3.8, 4) is 34.6 Å². The molecule has 6 rings (SSSR count). The Morgan fingerprint density at radius 1 is 0.947 bits per heavy atom. The lowest BCUT2D eigenvalue weighted by Crippen LogP contribution is -1.99. The summed E-state index contributed by atoms with van der Waals surface area (Å²) in [6.07, 6.45) is 3.64. The molecule has 0 atom stereocenters. The van der Waals surface area contributed by atoms with Crippen molar-refractivity contribution in [3.63, 3.8) is 0 Å². The van der Waals surface area contributed by atoms with Crippen molar-refractivity contribution < 1.29 is 14.2 Å². The highest BCUT2D eigenvalue weighted by molar-refractivity contribution is 6.00. The zero-order valence-electron chi connectivity index (χ0n) is 20.9. The van der Waals surface area contributed by atoms with Crippen molar-refractivity contribution in [1.82, 2.24) is 19.4 Å². The molecule has 0 bridgehead atoms. The van der Waals surface area contributed by atoms with Crippen molar-refractivity contribution in [2.45, 2.75) is 0 Å². The zero-order chi connectivity index (χ0) is 26.2. The van der Waals surface area contributed by atoms with Crippen LogP contribution in [0.25, 0.3) is 38.8 Å². The standard InChI is InChI=1S/C29H22N6O3/c1-36-24-12-17(13-25(37-2)27(24)38-3)26-29-34-22(14-30)28(35(29)23-11-7-6-10-21(23)33-26)32-16-18-15-31-20-9-5-4-8-19(18)20/h4-13,15-16,31H,1-3H3/b32-16+. The van der Waals surface area contributed by atoms with Gasteiger partial charge in [0.25, 0.3) is 0 Å². The van der Waals surface area contributed by atoms with Gasteiger partial charge in [-0.05, 0) is 30.3 Å². The van der Waals surface area contributed by atoms with Gasteiger partial charge < -0.3 is 19.2 Å². The summed E-state index contributed by atoms with van der Waals surface area (Å²) in [5.41, 5.74) is 5.32. The van der Waals surface area contributed by atoms with Gasteiger partial charge in [-0.25, -0.2) is 15.0 Å². The zero-order valence-corrected chi connectivity index (χ0v) is 20.9. The summed E-state index contributed by atoms with van der Waals surface area (Å²) >= 11 is 0. The molecule has 0 radical (unpaired) electrons. The fraction of sp³-hybridized carbons (Fsp3) is 0.103. The first-order valence-electron chi connectivity index (χ1n) is 11.8. The van der Waals surface area contributed by atoms with Crippen LogP contribution < -0.4 is 14.2 Å². The predicted octanol–water partition coefficient (Wildman–Crippen LogP) is 5.68. The lowest BCUT2D eigenvalue weighted by Gasteiger charge is -2.15. The molecule has 0 aliphatic heterocycles. The third kappa shape index (κ3) is 3.59. The number of H-pyrrole nitrogens is 1. The van der Waals surface area contributed by atoms with Crippen LogP contribution in [0.4, 0.5) is 5.82 Å². The van der Waals surface area contributed by atoms with E-state index in [0.29, 0.717) is 45.5 Å². The fourth-order valence-electron chi connectivity index (χ4n) is 4.65. The summed E-state index contributed by atoms with van der Waals surface area (Å²) in [5.74, 6) is 1.86. The molecule has 0 spiro atoms. The van der Waals surface area contributed by atoms with E-state index >= 15 is 0 Å². The Bertz CT molecular complexity index is 1890. The van der Waals surface area contributed by atoms with Gasteiger partial charge in [0.2, 0.25) is 5.75 Å². The molecule has 6 aromatic rings.